The fourth-order valence-electron chi connectivity index (χ4n) is 1.25. The lowest BCUT2D eigenvalue weighted by atomic mass is 10.3. The van der Waals surface area contributed by atoms with E-state index in [1.54, 1.807) is 0 Å². The molecule has 1 aromatic heterocycles. The van der Waals surface area contributed by atoms with Gasteiger partial charge in [-0.05, 0) is 24.3 Å². The number of aromatic nitrogens is 3. The van der Waals surface area contributed by atoms with Gasteiger partial charge in [0.05, 0.1) is 0 Å². The SMILES string of the molecule is Cn1nc(Nc2ccc(Br)cc2)nc(N)c1=O. The van der Waals surface area contributed by atoms with Crippen molar-refractivity contribution in [3.63, 3.8) is 0 Å². The summed E-state index contributed by atoms with van der Waals surface area (Å²) >= 11 is 3.34. The molecule has 0 unspecified atom stereocenters. The van der Waals surface area contributed by atoms with Crippen LogP contribution in [0.4, 0.5) is 17.5 Å². The van der Waals surface area contributed by atoms with Gasteiger partial charge in [-0.2, -0.15) is 4.98 Å². The van der Waals surface area contributed by atoms with Crippen molar-refractivity contribution in [3.8, 4) is 0 Å². The Labute approximate surface area is 106 Å². The third-order valence-corrected chi connectivity index (χ3v) is 2.61. The summed E-state index contributed by atoms with van der Waals surface area (Å²) in [5.41, 5.74) is 5.87. The van der Waals surface area contributed by atoms with Crippen LogP contribution in [-0.4, -0.2) is 14.8 Å². The number of nitrogens with two attached hydrogens (primary N) is 1. The Morgan fingerprint density at radius 1 is 1.35 bits per heavy atom. The second-order valence-electron chi connectivity index (χ2n) is 3.38. The first-order valence-electron chi connectivity index (χ1n) is 4.79. The predicted octanol–water partition coefficient (Wildman–Crippen LogP) is 1.26. The summed E-state index contributed by atoms with van der Waals surface area (Å²) < 4.78 is 2.12. The van der Waals surface area contributed by atoms with Crippen LogP contribution in [0.15, 0.2) is 33.5 Å². The molecule has 0 saturated carbocycles. The molecule has 0 fully saturated rings. The van der Waals surface area contributed by atoms with Gasteiger partial charge in [0.15, 0.2) is 5.82 Å². The van der Waals surface area contributed by atoms with Gasteiger partial charge in [-0.25, -0.2) is 4.68 Å². The van der Waals surface area contributed by atoms with Gasteiger partial charge in [-0.15, -0.1) is 5.10 Å². The largest absolute Gasteiger partial charge is 0.379 e. The van der Waals surface area contributed by atoms with E-state index in [2.05, 4.69) is 31.3 Å². The Balaban J connectivity index is 2.30. The Bertz CT molecular complexity index is 566. The Kier molecular flexibility index (Phi) is 3.10. The van der Waals surface area contributed by atoms with Crippen molar-refractivity contribution in [3.05, 3.63) is 39.1 Å². The van der Waals surface area contributed by atoms with Gasteiger partial charge < -0.3 is 11.1 Å². The van der Waals surface area contributed by atoms with E-state index in [1.807, 2.05) is 24.3 Å². The Morgan fingerprint density at radius 3 is 2.59 bits per heavy atom. The van der Waals surface area contributed by atoms with Crippen molar-refractivity contribution in [2.45, 2.75) is 0 Å². The number of hydrogen-bond acceptors (Lipinski definition) is 5. The van der Waals surface area contributed by atoms with Crippen LogP contribution in [-0.2, 0) is 7.05 Å². The monoisotopic (exact) mass is 295 g/mol. The summed E-state index contributed by atoms with van der Waals surface area (Å²) in [6.45, 7) is 0. The maximum absolute atomic E-state index is 11.3. The molecule has 0 bridgehead atoms. The summed E-state index contributed by atoms with van der Waals surface area (Å²) in [5.74, 6) is 0.203. The molecule has 0 atom stereocenters. The summed E-state index contributed by atoms with van der Waals surface area (Å²) in [5, 5.41) is 6.90. The van der Waals surface area contributed by atoms with Crippen LogP contribution in [0, 0.1) is 0 Å². The molecule has 0 aliphatic heterocycles. The molecule has 0 radical (unpaired) electrons. The predicted molar refractivity (Wildman–Crippen MR) is 69.1 cm³/mol. The van der Waals surface area contributed by atoms with Gasteiger partial charge in [-0.3, -0.25) is 4.79 Å². The normalized spacial score (nSPS) is 10.2. The number of nitrogens with zero attached hydrogens (tertiary/aromatic N) is 3. The minimum Gasteiger partial charge on any atom is -0.379 e. The molecule has 2 aromatic rings. The molecular weight excluding hydrogens is 286 g/mol. The highest BCUT2D eigenvalue weighted by atomic mass is 79.9. The number of hydrogen-bond donors (Lipinski definition) is 2. The highest BCUT2D eigenvalue weighted by Gasteiger charge is 2.04. The number of benzene rings is 1. The average Bonchev–Trinajstić information content (AvgIpc) is 2.29. The zero-order valence-corrected chi connectivity index (χ0v) is 10.6. The first-order valence-corrected chi connectivity index (χ1v) is 5.59. The third-order valence-electron chi connectivity index (χ3n) is 2.08. The van der Waals surface area contributed by atoms with Gasteiger partial charge in [0.2, 0.25) is 5.95 Å². The number of aryl methyl sites for hydroxylation is 1. The van der Waals surface area contributed by atoms with Crippen molar-refractivity contribution in [1.29, 1.82) is 0 Å². The summed E-state index contributed by atoms with van der Waals surface area (Å²) in [4.78, 5) is 15.2. The second-order valence-corrected chi connectivity index (χ2v) is 4.30. The molecule has 7 heteroatoms. The van der Waals surface area contributed by atoms with Crippen LogP contribution < -0.4 is 16.6 Å². The van der Waals surface area contributed by atoms with E-state index in [0.717, 1.165) is 14.8 Å². The standard InChI is InChI=1S/C10H10BrN5O/c1-16-9(17)8(12)14-10(15-16)13-7-4-2-6(11)3-5-7/h2-5H,1H3,(H3,12,13,14,15). The summed E-state index contributed by atoms with van der Waals surface area (Å²) in [6, 6.07) is 7.48. The zero-order valence-electron chi connectivity index (χ0n) is 9.01. The van der Waals surface area contributed by atoms with E-state index in [0.29, 0.717) is 0 Å². The smallest absolute Gasteiger partial charge is 0.309 e. The highest BCUT2D eigenvalue weighted by molar-refractivity contribution is 9.10. The molecule has 1 aromatic carbocycles. The van der Waals surface area contributed by atoms with Gasteiger partial charge in [0.1, 0.15) is 0 Å². The molecule has 0 saturated heterocycles. The second kappa shape index (κ2) is 4.54. The van der Waals surface area contributed by atoms with Crippen LogP contribution in [0.2, 0.25) is 0 Å². The first-order chi connectivity index (χ1) is 8.06. The highest BCUT2D eigenvalue weighted by Crippen LogP contribution is 2.16. The molecule has 1 heterocycles. The lowest BCUT2D eigenvalue weighted by molar-refractivity contribution is 0.700. The molecule has 0 spiro atoms. The fourth-order valence-corrected chi connectivity index (χ4v) is 1.52. The Hall–Kier alpha value is -1.89. The van der Waals surface area contributed by atoms with Crippen LogP contribution in [0.25, 0.3) is 0 Å². The number of rotatable bonds is 2. The molecule has 88 valence electrons. The van der Waals surface area contributed by atoms with Crippen molar-refractivity contribution in [2.75, 3.05) is 11.1 Å². The molecule has 17 heavy (non-hydrogen) atoms. The van der Waals surface area contributed by atoms with Crippen molar-refractivity contribution < 1.29 is 0 Å². The topological polar surface area (TPSA) is 85.8 Å². The summed E-state index contributed by atoms with van der Waals surface area (Å²) in [7, 11) is 1.52. The lowest BCUT2D eigenvalue weighted by Gasteiger charge is -2.06. The zero-order chi connectivity index (χ0) is 12.4. The molecule has 0 amide bonds. The molecule has 2 rings (SSSR count). The summed E-state index contributed by atoms with van der Waals surface area (Å²) in [6.07, 6.45) is 0. The first kappa shape index (κ1) is 11.6. The van der Waals surface area contributed by atoms with Gasteiger partial charge in [-0.1, -0.05) is 15.9 Å². The minimum absolute atomic E-state index is 0.0814. The maximum atomic E-state index is 11.3. The van der Waals surface area contributed by atoms with Crippen molar-refractivity contribution >= 4 is 33.4 Å². The quantitative estimate of drug-likeness (QED) is 0.871. The molecule has 0 aliphatic rings. The number of anilines is 3. The van der Waals surface area contributed by atoms with E-state index in [4.69, 9.17) is 5.73 Å². The minimum atomic E-state index is -0.411. The van der Waals surface area contributed by atoms with Crippen LogP contribution in [0.3, 0.4) is 0 Å². The van der Waals surface area contributed by atoms with Crippen LogP contribution in [0.1, 0.15) is 0 Å². The van der Waals surface area contributed by atoms with E-state index in [9.17, 15) is 4.79 Å². The average molecular weight is 296 g/mol. The van der Waals surface area contributed by atoms with Crippen molar-refractivity contribution in [1.82, 2.24) is 14.8 Å². The lowest BCUT2D eigenvalue weighted by Crippen LogP contribution is -2.25. The van der Waals surface area contributed by atoms with E-state index in [1.165, 1.54) is 7.05 Å². The van der Waals surface area contributed by atoms with E-state index in [-0.39, 0.29) is 11.8 Å². The fraction of sp³-hybridized carbons (Fsp3) is 0.100. The number of nitrogens with one attached hydrogen (secondary N) is 1. The molecule has 3 N–H and O–H groups in total. The number of nitrogen functional groups attached to an aromatic ring is 1. The van der Waals surface area contributed by atoms with Crippen LogP contribution >= 0.6 is 15.9 Å². The molecular formula is C10H10BrN5O. The molecule has 0 aliphatic carbocycles. The van der Waals surface area contributed by atoms with E-state index >= 15 is 0 Å². The van der Waals surface area contributed by atoms with Gasteiger partial charge in [0.25, 0.3) is 0 Å². The van der Waals surface area contributed by atoms with Gasteiger partial charge in [0, 0.05) is 17.2 Å². The number of halogens is 1. The maximum Gasteiger partial charge on any atom is 0.309 e. The molecule has 6 nitrogen and oxygen atoms in total. The van der Waals surface area contributed by atoms with Gasteiger partial charge >= 0.3 is 5.56 Å². The van der Waals surface area contributed by atoms with Crippen molar-refractivity contribution in [2.24, 2.45) is 7.05 Å². The third kappa shape index (κ3) is 2.62. The Morgan fingerprint density at radius 2 is 2.00 bits per heavy atom. The van der Waals surface area contributed by atoms with E-state index < -0.39 is 5.56 Å². The van der Waals surface area contributed by atoms with Crippen LogP contribution in [0.5, 0.6) is 0 Å².